The molecule has 3 rings (SSSR count). The van der Waals surface area contributed by atoms with Crippen LogP contribution in [0.1, 0.15) is 23.0 Å². The maximum atomic E-state index is 12.2. The van der Waals surface area contributed by atoms with Crippen LogP contribution in [-0.2, 0) is 0 Å². The molecule has 0 saturated carbocycles. The van der Waals surface area contributed by atoms with E-state index in [1.54, 1.807) is 24.3 Å². The Bertz CT molecular complexity index is 941. The highest BCUT2D eigenvalue weighted by molar-refractivity contribution is 6.04. The van der Waals surface area contributed by atoms with Crippen LogP contribution in [0.15, 0.2) is 54.6 Å². The molecule has 7 heteroatoms. The van der Waals surface area contributed by atoms with Gasteiger partial charge in [0.25, 0.3) is 5.91 Å². The minimum absolute atomic E-state index is 0.0530. The van der Waals surface area contributed by atoms with Crippen molar-refractivity contribution in [2.75, 3.05) is 22.5 Å². The van der Waals surface area contributed by atoms with E-state index in [0.29, 0.717) is 17.2 Å². The standard InChI is InChI=1S/C20H21N5O2/c1-3-21-18-11-13(2)22-20(25-18)24-16-9-7-15(8-10-16)23-19(27)14-5-4-6-17(26)12-14/h4-12,26H,3H2,1-2H3,(H,23,27)(H2,21,22,24,25). The fourth-order valence-corrected chi connectivity index (χ4v) is 2.51. The number of nitrogens with zero attached hydrogens (tertiary/aromatic N) is 2. The number of phenolic OH excluding ortho intramolecular Hbond substituents is 1. The number of nitrogens with one attached hydrogen (secondary N) is 3. The molecule has 0 atom stereocenters. The maximum absolute atomic E-state index is 12.2. The third-order valence-corrected chi connectivity index (χ3v) is 3.72. The van der Waals surface area contributed by atoms with Gasteiger partial charge in [-0.25, -0.2) is 4.98 Å². The second kappa shape index (κ2) is 8.18. The number of aryl methyl sites for hydroxylation is 1. The van der Waals surface area contributed by atoms with Gasteiger partial charge in [-0.1, -0.05) is 6.07 Å². The Labute approximate surface area is 157 Å². The average Bonchev–Trinajstić information content (AvgIpc) is 2.63. The van der Waals surface area contributed by atoms with Crippen LogP contribution >= 0.6 is 0 Å². The van der Waals surface area contributed by atoms with Gasteiger partial charge in [0, 0.05) is 35.2 Å². The highest BCUT2D eigenvalue weighted by Crippen LogP contribution is 2.19. The quantitative estimate of drug-likeness (QED) is 0.530. The fraction of sp³-hybridized carbons (Fsp3) is 0.150. The molecule has 1 heterocycles. The van der Waals surface area contributed by atoms with Gasteiger partial charge in [0.05, 0.1) is 0 Å². The molecule has 0 aliphatic carbocycles. The molecule has 0 spiro atoms. The van der Waals surface area contributed by atoms with Crippen molar-refractivity contribution < 1.29 is 9.90 Å². The average molecular weight is 363 g/mol. The van der Waals surface area contributed by atoms with Gasteiger partial charge < -0.3 is 21.1 Å². The summed E-state index contributed by atoms with van der Waals surface area (Å²) in [6, 6.07) is 15.3. The molecule has 0 aliphatic rings. The molecule has 0 fully saturated rings. The van der Waals surface area contributed by atoms with Gasteiger partial charge in [0.1, 0.15) is 11.6 Å². The van der Waals surface area contributed by atoms with Crippen molar-refractivity contribution in [3.63, 3.8) is 0 Å². The number of hydrogen-bond donors (Lipinski definition) is 4. The molecule has 0 radical (unpaired) electrons. The summed E-state index contributed by atoms with van der Waals surface area (Å²) in [6.45, 7) is 4.70. The van der Waals surface area contributed by atoms with Gasteiger partial charge in [-0.15, -0.1) is 0 Å². The number of carbonyl (C=O) groups excluding carboxylic acids is 1. The van der Waals surface area contributed by atoms with Crippen LogP contribution in [-0.4, -0.2) is 27.5 Å². The van der Waals surface area contributed by atoms with Gasteiger partial charge in [0.2, 0.25) is 5.95 Å². The normalized spacial score (nSPS) is 10.3. The van der Waals surface area contributed by atoms with E-state index in [1.807, 2.05) is 32.0 Å². The van der Waals surface area contributed by atoms with Crippen LogP contribution in [0.5, 0.6) is 5.75 Å². The summed E-state index contributed by atoms with van der Waals surface area (Å²) < 4.78 is 0. The van der Waals surface area contributed by atoms with Crippen molar-refractivity contribution in [3.05, 3.63) is 65.9 Å². The summed E-state index contributed by atoms with van der Waals surface area (Å²) in [4.78, 5) is 21.0. The van der Waals surface area contributed by atoms with E-state index in [-0.39, 0.29) is 11.7 Å². The largest absolute Gasteiger partial charge is 0.508 e. The fourth-order valence-electron chi connectivity index (χ4n) is 2.51. The Morgan fingerprint density at radius 2 is 1.78 bits per heavy atom. The van der Waals surface area contributed by atoms with Crippen molar-refractivity contribution in [2.45, 2.75) is 13.8 Å². The Morgan fingerprint density at radius 1 is 1.04 bits per heavy atom. The summed E-state index contributed by atoms with van der Waals surface area (Å²) in [6.07, 6.45) is 0. The van der Waals surface area contributed by atoms with E-state index in [0.717, 1.165) is 23.7 Å². The molecular formula is C20H21N5O2. The number of aromatic nitrogens is 2. The maximum Gasteiger partial charge on any atom is 0.255 e. The van der Waals surface area contributed by atoms with Gasteiger partial charge in [0.15, 0.2) is 0 Å². The van der Waals surface area contributed by atoms with Crippen LogP contribution in [0.25, 0.3) is 0 Å². The predicted octanol–water partition coefficient (Wildman–Crippen LogP) is 3.92. The molecule has 27 heavy (non-hydrogen) atoms. The highest BCUT2D eigenvalue weighted by atomic mass is 16.3. The molecule has 0 saturated heterocycles. The lowest BCUT2D eigenvalue weighted by Crippen LogP contribution is -2.11. The number of phenols is 1. The van der Waals surface area contributed by atoms with Gasteiger partial charge >= 0.3 is 0 Å². The number of rotatable bonds is 6. The van der Waals surface area contributed by atoms with Crippen molar-refractivity contribution >= 4 is 29.0 Å². The third-order valence-electron chi connectivity index (χ3n) is 3.72. The van der Waals surface area contributed by atoms with Crippen LogP contribution in [0.2, 0.25) is 0 Å². The molecule has 3 aromatic rings. The first-order chi connectivity index (χ1) is 13.0. The molecular weight excluding hydrogens is 342 g/mol. The number of aromatic hydroxyl groups is 1. The number of carbonyl (C=O) groups is 1. The second-order valence-electron chi connectivity index (χ2n) is 5.96. The Morgan fingerprint density at radius 3 is 2.48 bits per heavy atom. The molecule has 1 aromatic heterocycles. The molecule has 7 nitrogen and oxygen atoms in total. The van der Waals surface area contributed by atoms with Crippen molar-refractivity contribution in [1.29, 1.82) is 0 Å². The summed E-state index contributed by atoms with van der Waals surface area (Å²) in [5, 5.41) is 18.6. The molecule has 0 aliphatic heterocycles. The zero-order valence-corrected chi connectivity index (χ0v) is 15.2. The zero-order chi connectivity index (χ0) is 19.2. The lowest BCUT2D eigenvalue weighted by Gasteiger charge is -2.10. The van der Waals surface area contributed by atoms with E-state index in [2.05, 4.69) is 25.9 Å². The van der Waals surface area contributed by atoms with E-state index < -0.39 is 0 Å². The molecule has 1 amide bonds. The van der Waals surface area contributed by atoms with E-state index in [9.17, 15) is 9.90 Å². The van der Waals surface area contributed by atoms with Gasteiger partial charge in [-0.2, -0.15) is 4.98 Å². The topological polar surface area (TPSA) is 99.2 Å². The highest BCUT2D eigenvalue weighted by Gasteiger charge is 2.07. The first-order valence-corrected chi connectivity index (χ1v) is 8.60. The van der Waals surface area contributed by atoms with Gasteiger partial charge in [-0.05, 0) is 56.3 Å². The first-order valence-electron chi connectivity index (χ1n) is 8.60. The van der Waals surface area contributed by atoms with Gasteiger partial charge in [-0.3, -0.25) is 4.79 Å². The minimum atomic E-state index is -0.288. The smallest absolute Gasteiger partial charge is 0.255 e. The number of benzene rings is 2. The van der Waals surface area contributed by atoms with Crippen molar-refractivity contribution in [2.24, 2.45) is 0 Å². The summed E-state index contributed by atoms with van der Waals surface area (Å²) in [5.74, 6) is 1.03. The Balaban J connectivity index is 1.68. The van der Waals surface area contributed by atoms with Crippen LogP contribution in [0.3, 0.4) is 0 Å². The van der Waals surface area contributed by atoms with Crippen LogP contribution < -0.4 is 16.0 Å². The van der Waals surface area contributed by atoms with Crippen molar-refractivity contribution in [1.82, 2.24) is 9.97 Å². The second-order valence-corrected chi connectivity index (χ2v) is 5.96. The van der Waals surface area contributed by atoms with E-state index >= 15 is 0 Å². The number of anilines is 4. The lowest BCUT2D eigenvalue weighted by molar-refractivity contribution is 0.102. The summed E-state index contributed by atoms with van der Waals surface area (Å²) >= 11 is 0. The third kappa shape index (κ3) is 4.94. The van der Waals surface area contributed by atoms with E-state index in [1.165, 1.54) is 12.1 Å². The SMILES string of the molecule is CCNc1cc(C)nc(Nc2ccc(NC(=O)c3cccc(O)c3)cc2)n1. The number of amides is 1. The van der Waals surface area contributed by atoms with Crippen LogP contribution in [0.4, 0.5) is 23.1 Å². The summed E-state index contributed by atoms with van der Waals surface area (Å²) in [5.41, 5.74) is 2.70. The lowest BCUT2D eigenvalue weighted by atomic mass is 10.2. The summed E-state index contributed by atoms with van der Waals surface area (Å²) in [7, 11) is 0. The zero-order valence-electron chi connectivity index (χ0n) is 15.2. The molecule has 0 unspecified atom stereocenters. The number of hydrogen-bond acceptors (Lipinski definition) is 6. The molecule has 2 aromatic carbocycles. The molecule has 0 bridgehead atoms. The van der Waals surface area contributed by atoms with Crippen LogP contribution in [0, 0.1) is 6.92 Å². The Kier molecular flexibility index (Phi) is 5.51. The predicted molar refractivity (Wildman–Crippen MR) is 107 cm³/mol. The Hall–Kier alpha value is -3.61. The molecule has 4 N–H and O–H groups in total. The van der Waals surface area contributed by atoms with Crippen molar-refractivity contribution in [3.8, 4) is 5.75 Å². The first kappa shape index (κ1) is 18.2. The molecule has 138 valence electrons. The minimum Gasteiger partial charge on any atom is -0.508 e. The monoisotopic (exact) mass is 363 g/mol. The van der Waals surface area contributed by atoms with E-state index in [4.69, 9.17) is 0 Å².